The molecule has 0 aliphatic carbocycles. The van der Waals surface area contributed by atoms with E-state index in [0.29, 0.717) is 18.3 Å². The third-order valence-electron chi connectivity index (χ3n) is 2.75. The maximum Gasteiger partial charge on any atom is 0.199 e. The van der Waals surface area contributed by atoms with Crippen LogP contribution in [0.3, 0.4) is 0 Å². The molecule has 92 valence electrons. The van der Waals surface area contributed by atoms with Crippen LogP contribution in [-0.4, -0.2) is 5.16 Å². The molecule has 0 aliphatic rings. The smallest absolute Gasteiger partial charge is 0.199 e. The second kappa shape index (κ2) is 4.84. The first-order chi connectivity index (χ1) is 8.84. The minimum absolute atomic E-state index is 0.434. The fourth-order valence-electron chi connectivity index (χ4n) is 1.88. The summed E-state index contributed by atoms with van der Waals surface area (Å²) in [5, 5.41) is 8.55. The Labute approximate surface area is 109 Å². The molecule has 3 aromatic rings. The molecule has 1 aromatic carbocycles. The van der Waals surface area contributed by atoms with E-state index < -0.39 is 0 Å². The van der Waals surface area contributed by atoms with E-state index in [1.54, 1.807) is 6.26 Å². The fourth-order valence-corrected chi connectivity index (χ4v) is 2.13. The number of hydrogen-bond acceptors (Lipinski definition) is 4. The maximum absolute atomic E-state index is 6.09. The number of benzene rings is 1. The standard InChI is InChI=1S/C13H11ClN2O2/c14-13-11(8-15-7-9-5-6-17-16-9)10-3-1-2-4-12(10)18-13/h1-6,15H,7-8H2. The maximum atomic E-state index is 6.09. The zero-order chi connectivity index (χ0) is 12.4. The molecule has 0 saturated carbocycles. The molecular weight excluding hydrogens is 252 g/mol. The molecule has 4 nitrogen and oxygen atoms in total. The van der Waals surface area contributed by atoms with Gasteiger partial charge in [-0.25, -0.2) is 0 Å². The summed E-state index contributed by atoms with van der Waals surface area (Å²) in [4.78, 5) is 0. The Morgan fingerprint density at radius 3 is 2.89 bits per heavy atom. The molecular formula is C13H11ClN2O2. The van der Waals surface area contributed by atoms with Crippen LogP contribution < -0.4 is 5.32 Å². The first-order valence-electron chi connectivity index (χ1n) is 5.60. The summed E-state index contributed by atoms with van der Waals surface area (Å²) in [6.45, 7) is 1.26. The number of hydrogen-bond donors (Lipinski definition) is 1. The van der Waals surface area contributed by atoms with Gasteiger partial charge in [0.1, 0.15) is 11.8 Å². The number of fused-ring (bicyclic) bond motifs is 1. The minimum atomic E-state index is 0.434. The van der Waals surface area contributed by atoms with Gasteiger partial charge in [-0.2, -0.15) is 0 Å². The molecule has 0 fully saturated rings. The lowest BCUT2D eigenvalue weighted by atomic mass is 10.2. The molecule has 0 radical (unpaired) electrons. The summed E-state index contributed by atoms with van der Waals surface area (Å²) in [6, 6.07) is 9.62. The van der Waals surface area contributed by atoms with Gasteiger partial charge in [0.15, 0.2) is 5.22 Å². The molecule has 2 heterocycles. The molecule has 0 saturated heterocycles. The Morgan fingerprint density at radius 1 is 1.17 bits per heavy atom. The monoisotopic (exact) mass is 262 g/mol. The van der Waals surface area contributed by atoms with Gasteiger partial charge in [0.05, 0.1) is 5.69 Å². The molecule has 1 N–H and O–H groups in total. The number of rotatable bonds is 4. The Morgan fingerprint density at radius 2 is 2.06 bits per heavy atom. The second-order valence-corrected chi connectivity index (χ2v) is 4.29. The molecule has 0 atom stereocenters. The lowest BCUT2D eigenvalue weighted by Gasteiger charge is -2.00. The van der Waals surface area contributed by atoms with Crippen LogP contribution >= 0.6 is 11.6 Å². The van der Waals surface area contributed by atoms with Crippen molar-refractivity contribution in [2.24, 2.45) is 0 Å². The van der Waals surface area contributed by atoms with Crippen LogP contribution in [0.2, 0.25) is 5.22 Å². The largest absolute Gasteiger partial charge is 0.444 e. The van der Waals surface area contributed by atoms with Gasteiger partial charge in [-0.05, 0) is 17.7 Å². The molecule has 0 aliphatic heterocycles. The van der Waals surface area contributed by atoms with Crippen molar-refractivity contribution in [3.05, 3.63) is 53.1 Å². The summed E-state index contributed by atoms with van der Waals surface area (Å²) < 4.78 is 10.2. The van der Waals surface area contributed by atoms with Crippen molar-refractivity contribution >= 4 is 22.6 Å². The fraction of sp³-hybridized carbons (Fsp3) is 0.154. The predicted octanol–water partition coefficient (Wildman–Crippen LogP) is 3.36. The minimum Gasteiger partial charge on any atom is -0.444 e. The van der Waals surface area contributed by atoms with Crippen LogP contribution in [0.5, 0.6) is 0 Å². The highest BCUT2D eigenvalue weighted by Crippen LogP contribution is 2.29. The molecule has 3 rings (SSSR count). The van der Waals surface area contributed by atoms with Crippen molar-refractivity contribution in [3.8, 4) is 0 Å². The zero-order valence-corrected chi connectivity index (χ0v) is 10.3. The van der Waals surface area contributed by atoms with Crippen molar-refractivity contribution in [1.82, 2.24) is 10.5 Å². The molecule has 18 heavy (non-hydrogen) atoms. The third kappa shape index (κ3) is 2.12. The average molecular weight is 263 g/mol. The van der Waals surface area contributed by atoms with E-state index in [1.807, 2.05) is 30.3 Å². The Bertz CT molecular complexity index is 646. The highest BCUT2D eigenvalue weighted by molar-refractivity contribution is 6.30. The number of halogens is 1. The van der Waals surface area contributed by atoms with E-state index >= 15 is 0 Å². The molecule has 5 heteroatoms. The lowest BCUT2D eigenvalue weighted by Crippen LogP contribution is -2.12. The predicted molar refractivity (Wildman–Crippen MR) is 68.3 cm³/mol. The average Bonchev–Trinajstić information content (AvgIpc) is 2.98. The van der Waals surface area contributed by atoms with E-state index in [4.69, 9.17) is 20.5 Å². The van der Waals surface area contributed by atoms with Gasteiger partial charge in [-0.1, -0.05) is 23.4 Å². The number of nitrogens with one attached hydrogen (secondary N) is 1. The normalized spacial score (nSPS) is 11.2. The molecule has 0 amide bonds. The SMILES string of the molecule is Clc1oc2ccccc2c1CNCc1ccon1. The van der Waals surface area contributed by atoms with Gasteiger partial charge in [-0.3, -0.25) is 0 Å². The van der Waals surface area contributed by atoms with Crippen LogP contribution in [0.4, 0.5) is 0 Å². The Hall–Kier alpha value is -1.78. The van der Waals surface area contributed by atoms with Crippen LogP contribution in [0.1, 0.15) is 11.3 Å². The van der Waals surface area contributed by atoms with Crippen molar-refractivity contribution in [1.29, 1.82) is 0 Å². The van der Waals surface area contributed by atoms with Gasteiger partial charge < -0.3 is 14.3 Å². The Balaban J connectivity index is 1.76. The summed E-state index contributed by atoms with van der Waals surface area (Å²) in [6.07, 6.45) is 1.55. The van der Waals surface area contributed by atoms with E-state index in [0.717, 1.165) is 22.2 Å². The summed E-state index contributed by atoms with van der Waals surface area (Å²) in [5.41, 5.74) is 2.63. The van der Waals surface area contributed by atoms with Gasteiger partial charge in [0.2, 0.25) is 0 Å². The second-order valence-electron chi connectivity index (χ2n) is 3.94. The van der Waals surface area contributed by atoms with Gasteiger partial charge >= 0.3 is 0 Å². The highest BCUT2D eigenvalue weighted by atomic mass is 35.5. The molecule has 0 spiro atoms. The summed E-state index contributed by atoms with van der Waals surface area (Å²) in [7, 11) is 0. The van der Waals surface area contributed by atoms with Crippen molar-refractivity contribution in [2.45, 2.75) is 13.1 Å². The highest BCUT2D eigenvalue weighted by Gasteiger charge is 2.11. The lowest BCUT2D eigenvalue weighted by molar-refractivity contribution is 0.408. The van der Waals surface area contributed by atoms with E-state index in [9.17, 15) is 0 Å². The third-order valence-corrected chi connectivity index (χ3v) is 3.05. The van der Waals surface area contributed by atoms with Gasteiger partial charge in [0.25, 0.3) is 0 Å². The first kappa shape index (κ1) is 11.3. The summed E-state index contributed by atoms with van der Waals surface area (Å²) in [5.74, 6) is 0. The number of nitrogens with zero attached hydrogens (tertiary/aromatic N) is 1. The van der Waals surface area contributed by atoms with Crippen LogP contribution in [0, 0.1) is 0 Å². The number of para-hydroxylation sites is 1. The van der Waals surface area contributed by atoms with Crippen LogP contribution in [0.25, 0.3) is 11.0 Å². The van der Waals surface area contributed by atoms with Crippen LogP contribution in [-0.2, 0) is 13.1 Å². The van der Waals surface area contributed by atoms with Gasteiger partial charge in [-0.15, -0.1) is 0 Å². The Kier molecular flexibility index (Phi) is 3.04. The van der Waals surface area contributed by atoms with E-state index in [-0.39, 0.29) is 0 Å². The zero-order valence-electron chi connectivity index (χ0n) is 9.52. The number of aromatic nitrogens is 1. The number of furan rings is 1. The van der Waals surface area contributed by atoms with Crippen molar-refractivity contribution < 1.29 is 8.94 Å². The quantitative estimate of drug-likeness (QED) is 0.783. The van der Waals surface area contributed by atoms with Gasteiger partial charge in [0, 0.05) is 30.1 Å². The molecule has 0 bridgehead atoms. The van der Waals surface area contributed by atoms with Crippen molar-refractivity contribution in [2.75, 3.05) is 0 Å². The van der Waals surface area contributed by atoms with E-state index in [2.05, 4.69) is 10.5 Å². The molecule has 2 aromatic heterocycles. The van der Waals surface area contributed by atoms with E-state index in [1.165, 1.54) is 0 Å². The topological polar surface area (TPSA) is 51.2 Å². The van der Waals surface area contributed by atoms with Crippen molar-refractivity contribution in [3.63, 3.8) is 0 Å². The van der Waals surface area contributed by atoms with Crippen LogP contribution in [0.15, 0.2) is 45.5 Å². The summed E-state index contributed by atoms with van der Waals surface area (Å²) >= 11 is 6.09. The molecule has 0 unspecified atom stereocenters. The first-order valence-corrected chi connectivity index (χ1v) is 5.98.